The van der Waals surface area contributed by atoms with Gasteiger partial charge >= 0.3 is 6.03 Å². The number of carbonyl (C=O) groups excluding carboxylic acids is 1. The number of amides is 2. The number of hydrogen-bond donors (Lipinski definition) is 1. The molecule has 0 spiro atoms. The fourth-order valence-corrected chi connectivity index (χ4v) is 1.30. The first-order chi connectivity index (χ1) is 5.87. The van der Waals surface area contributed by atoms with Crippen molar-refractivity contribution in [1.82, 2.24) is 10.2 Å². The van der Waals surface area contributed by atoms with Crippen LogP contribution in [0.15, 0.2) is 0 Å². The van der Waals surface area contributed by atoms with E-state index in [9.17, 15) is 13.2 Å². The predicted molar refractivity (Wildman–Crippen MR) is 51.4 cm³/mol. The lowest BCUT2D eigenvalue weighted by molar-refractivity contribution is 0.212. The molecule has 0 aliphatic carbocycles. The summed E-state index contributed by atoms with van der Waals surface area (Å²) < 4.78 is 21.5. The monoisotopic (exact) mass is 208 g/mol. The first-order valence-electron chi connectivity index (χ1n) is 4.03. The Morgan fingerprint density at radius 2 is 2.00 bits per heavy atom. The molecule has 0 saturated heterocycles. The SMILES string of the molecule is CCNC(=O)N(C)CCS(C)(=O)=O. The molecule has 5 nitrogen and oxygen atoms in total. The summed E-state index contributed by atoms with van der Waals surface area (Å²) in [5.41, 5.74) is 0. The van der Waals surface area contributed by atoms with Gasteiger partial charge in [0.25, 0.3) is 0 Å². The van der Waals surface area contributed by atoms with Crippen molar-refractivity contribution >= 4 is 15.9 Å². The summed E-state index contributed by atoms with van der Waals surface area (Å²) in [6, 6.07) is -0.244. The van der Waals surface area contributed by atoms with Gasteiger partial charge in [-0.15, -0.1) is 0 Å². The van der Waals surface area contributed by atoms with E-state index in [1.165, 1.54) is 4.90 Å². The van der Waals surface area contributed by atoms with Gasteiger partial charge in [0.2, 0.25) is 0 Å². The highest BCUT2D eigenvalue weighted by Gasteiger charge is 2.09. The maximum atomic E-state index is 11.1. The van der Waals surface area contributed by atoms with Crippen LogP contribution in [-0.2, 0) is 9.84 Å². The normalized spacial score (nSPS) is 11.0. The fraction of sp³-hybridized carbons (Fsp3) is 0.857. The molecule has 0 aromatic carbocycles. The summed E-state index contributed by atoms with van der Waals surface area (Å²) in [5.74, 6) is 0.000629. The van der Waals surface area contributed by atoms with Crippen LogP contribution in [0.4, 0.5) is 4.79 Å². The standard InChI is InChI=1S/C7H16N2O3S/c1-4-8-7(10)9(2)5-6-13(3,11)12/h4-6H2,1-3H3,(H,8,10). The molecule has 0 unspecified atom stereocenters. The average Bonchev–Trinajstić information content (AvgIpc) is 1.99. The van der Waals surface area contributed by atoms with E-state index in [1.54, 1.807) is 7.05 Å². The third-order valence-electron chi connectivity index (χ3n) is 1.47. The predicted octanol–water partition coefficient (Wildman–Crippen LogP) is -0.308. The largest absolute Gasteiger partial charge is 0.338 e. The summed E-state index contributed by atoms with van der Waals surface area (Å²) >= 11 is 0. The number of urea groups is 1. The maximum absolute atomic E-state index is 11.1. The van der Waals surface area contributed by atoms with Gasteiger partial charge in [-0.2, -0.15) is 0 Å². The van der Waals surface area contributed by atoms with E-state index in [2.05, 4.69) is 5.32 Å². The molecule has 0 aromatic rings. The van der Waals surface area contributed by atoms with Crippen LogP contribution in [0.3, 0.4) is 0 Å². The molecule has 13 heavy (non-hydrogen) atoms. The van der Waals surface area contributed by atoms with Gasteiger partial charge < -0.3 is 10.2 Å². The van der Waals surface area contributed by atoms with Crippen molar-refractivity contribution in [3.05, 3.63) is 0 Å². The molecule has 2 amide bonds. The smallest absolute Gasteiger partial charge is 0.317 e. The summed E-state index contributed by atoms with van der Waals surface area (Å²) in [5, 5.41) is 2.57. The zero-order valence-electron chi connectivity index (χ0n) is 8.20. The number of sulfone groups is 1. The van der Waals surface area contributed by atoms with Crippen molar-refractivity contribution in [2.45, 2.75) is 6.92 Å². The highest BCUT2D eigenvalue weighted by atomic mass is 32.2. The molecule has 0 heterocycles. The van der Waals surface area contributed by atoms with E-state index in [4.69, 9.17) is 0 Å². The Hall–Kier alpha value is -0.780. The zero-order chi connectivity index (χ0) is 10.5. The molecule has 6 heteroatoms. The van der Waals surface area contributed by atoms with Gasteiger partial charge in [-0.25, -0.2) is 13.2 Å². The summed E-state index contributed by atoms with van der Waals surface area (Å²) in [4.78, 5) is 12.4. The summed E-state index contributed by atoms with van der Waals surface area (Å²) in [6.45, 7) is 2.58. The van der Waals surface area contributed by atoms with Crippen molar-refractivity contribution in [2.75, 3.05) is 32.1 Å². The molecule has 0 aliphatic heterocycles. The zero-order valence-corrected chi connectivity index (χ0v) is 9.02. The first-order valence-corrected chi connectivity index (χ1v) is 6.09. The van der Waals surface area contributed by atoms with Crippen molar-refractivity contribution < 1.29 is 13.2 Å². The van der Waals surface area contributed by atoms with E-state index in [0.717, 1.165) is 6.26 Å². The van der Waals surface area contributed by atoms with Gasteiger partial charge in [-0.1, -0.05) is 0 Å². The Balaban J connectivity index is 3.88. The lowest BCUT2D eigenvalue weighted by Gasteiger charge is -2.16. The van der Waals surface area contributed by atoms with Crippen LogP contribution in [0.2, 0.25) is 0 Å². The van der Waals surface area contributed by atoms with Crippen LogP contribution in [0.5, 0.6) is 0 Å². The highest BCUT2D eigenvalue weighted by molar-refractivity contribution is 7.90. The molecule has 0 aliphatic rings. The Bertz CT molecular complexity index is 261. The molecule has 78 valence electrons. The molecule has 0 bridgehead atoms. The molecular formula is C7H16N2O3S. The van der Waals surface area contributed by atoms with E-state index < -0.39 is 9.84 Å². The van der Waals surface area contributed by atoms with Crippen LogP contribution in [0, 0.1) is 0 Å². The first kappa shape index (κ1) is 12.2. The molecule has 0 atom stereocenters. The number of carbonyl (C=O) groups is 1. The van der Waals surface area contributed by atoms with E-state index in [1.807, 2.05) is 6.92 Å². The molecular weight excluding hydrogens is 192 g/mol. The fourth-order valence-electron chi connectivity index (χ4n) is 0.690. The number of nitrogens with zero attached hydrogens (tertiary/aromatic N) is 1. The van der Waals surface area contributed by atoms with Crippen LogP contribution in [0.25, 0.3) is 0 Å². The van der Waals surface area contributed by atoms with Crippen LogP contribution in [0.1, 0.15) is 6.92 Å². The van der Waals surface area contributed by atoms with E-state index in [0.29, 0.717) is 6.54 Å². The summed E-state index contributed by atoms with van der Waals surface area (Å²) in [6.07, 6.45) is 1.15. The van der Waals surface area contributed by atoms with Crippen molar-refractivity contribution in [1.29, 1.82) is 0 Å². The van der Waals surface area contributed by atoms with Gasteiger partial charge in [-0.3, -0.25) is 0 Å². The van der Waals surface area contributed by atoms with Crippen LogP contribution in [-0.4, -0.2) is 51.5 Å². The maximum Gasteiger partial charge on any atom is 0.317 e. The minimum atomic E-state index is -2.99. The molecule has 0 radical (unpaired) electrons. The Kier molecular flexibility index (Phi) is 4.76. The second-order valence-electron chi connectivity index (χ2n) is 2.89. The number of nitrogens with one attached hydrogen (secondary N) is 1. The van der Waals surface area contributed by atoms with Crippen molar-refractivity contribution in [2.24, 2.45) is 0 Å². The van der Waals surface area contributed by atoms with Gasteiger partial charge in [-0.05, 0) is 6.92 Å². The minimum absolute atomic E-state index is 0.000629. The molecule has 0 aromatic heterocycles. The molecule has 0 rings (SSSR count). The Morgan fingerprint density at radius 1 is 1.46 bits per heavy atom. The molecule has 0 fully saturated rings. The van der Waals surface area contributed by atoms with E-state index in [-0.39, 0.29) is 18.3 Å². The molecule has 1 N–H and O–H groups in total. The number of hydrogen-bond acceptors (Lipinski definition) is 3. The minimum Gasteiger partial charge on any atom is -0.338 e. The van der Waals surface area contributed by atoms with Crippen molar-refractivity contribution in [3.8, 4) is 0 Å². The van der Waals surface area contributed by atoms with Gasteiger partial charge in [0.1, 0.15) is 9.84 Å². The topological polar surface area (TPSA) is 66.5 Å². The third kappa shape index (κ3) is 6.39. The second kappa shape index (κ2) is 5.06. The van der Waals surface area contributed by atoms with Crippen LogP contribution >= 0.6 is 0 Å². The number of rotatable bonds is 4. The van der Waals surface area contributed by atoms with Gasteiger partial charge in [0.05, 0.1) is 5.75 Å². The Labute approximate surface area is 79.0 Å². The quantitative estimate of drug-likeness (QED) is 0.689. The average molecular weight is 208 g/mol. The highest BCUT2D eigenvalue weighted by Crippen LogP contribution is 1.88. The lowest BCUT2D eigenvalue weighted by atomic mass is 10.6. The van der Waals surface area contributed by atoms with Crippen LogP contribution < -0.4 is 5.32 Å². The third-order valence-corrected chi connectivity index (χ3v) is 2.40. The van der Waals surface area contributed by atoms with Gasteiger partial charge in [0.15, 0.2) is 0 Å². The van der Waals surface area contributed by atoms with Crippen molar-refractivity contribution in [3.63, 3.8) is 0 Å². The molecule has 0 saturated carbocycles. The lowest BCUT2D eigenvalue weighted by Crippen LogP contribution is -2.39. The summed E-state index contributed by atoms with van der Waals surface area (Å²) in [7, 11) is -1.42. The van der Waals surface area contributed by atoms with Gasteiger partial charge in [0, 0.05) is 26.4 Å². The van der Waals surface area contributed by atoms with E-state index >= 15 is 0 Å². The second-order valence-corrected chi connectivity index (χ2v) is 5.15. The Morgan fingerprint density at radius 3 is 2.38 bits per heavy atom.